The topological polar surface area (TPSA) is 12.4 Å². The van der Waals surface area contributed by atoms with Gasteiger partial charge in [-0.05, 0) is 25.1 Å². The predicted octanol–water partition coefficient (Wildman–Crippen LogP) is 3.23. The van der Waals surface area contributed by atoms with Crippen molar-refractivity contribution in [3.63, 3.8) is 0 Å². The smallest absolute Gasteiger partial charge is 0.0742 e. The van der Waals surface area contributed by atoms with Gasteiger partial charge in [-0.15, -0.1) is 0 Å². The van der Waals surface area contributed by atoms with Crippen molar-refractivity contribution in [2.75, 3.05) is 0 Å². The lowest BCUT2D eigenvalue weighted by Gasteiger charge is -2.08. The number of nitrogens with zero attached hydrogens (tertiary/aromatic N) is 1. The standard InChI is InChI=1S/C11H15N/c1-3-11(12-4-2)10-8-6-5-7-9-10/h4-9,11H,3H2,1-2H3. The third-order valence-electron chi connectivity index (χ3n) is 1.90. The molecule has 0 heterocycles. The molecule has 0 aliphatic carbocycles. The van der Waals surface area contributed by atoms with Crippen LogP contribution in [-0.2, 0) is 0 Å². The molecule has 1 aromatic rings. The average Bonchev–Trinajstić information content (AvgIpc) is 2.15. The Morgan fingerprint density at radius 1 is 1.33 bits per heavy atom. The van der Waals surface area contributed by atoms with E-state index in [0.717, 1.165) is 6.42 Å². The van der Waals surface area contributed by atoms with Crippen molar-refractivity contribution in [2.24, 2.45) is 4.99 Å². The summed E-state index contributed by atoms with van der Waals surface area (Å²) in [6.07, 6.45) is 2.94. The summed E-state index contributed by atoms with van der Waals surface area (Å²) >= 11 is 0. The Hall–Kier alpha value is -1.11. The summed E-state index contributed by atoms with van der Waals surface area (Å²) in [4.78, 5) is 4.39. The van der Waals surface area contributed by atoms with Crippen LogP contribution >= 0.6 is 0 Å². The van der Waals surface area contributed by atoms with Crippen LogP contribution < -0.4 is 0 Å². The van der Waals surface area contributed by atoms with Gasteiger partial charge in [-0.3, -0.25) is 4.99 Å². The second-order valence-electron chi connectivity index (χ2n) is 2.74. The Labute approximate surface area is 74.2 Å². The van der Waals surface area contributed by atoms with E-state index < -0.39 is 0 Å². The third kappa shape index (κ3) is 2.19. The van der Waals surface area contributed by atoms with E-state index in [4.69, 9.17) is 0 Å². The Morgan fingerprint density at radius 3 is 2.50 bits per heavy atom. The Bertz CT molecular complexity index is 238. The predicted molar refractivity (Wildman–Crippen MR) is 53.6 cm³/mol. The fourth-order valence-corrected chi connectivity index (χ4v) is 1.28. The van der Waals surface area contributed by atoms with Crippen LogP contribution in [0.2, 0.25) is 0 Å². The first kappa shape index (κ1) is 8.98. The lowest BCUT2D eigenvalue weighted by molar-refractivity contribution is 0.704. The molecular formula is C11H15N. The van der Waals surface area contributed by atoms with E-state index in [2.05, 4.69) is 36.2 Å². The van der Waals surface area contributed by atoms with Crippen LogP contribution in [0.1, 0.15) is 31.9 Å². The van der Waals surface area contributed by atoms with Gasteiger partial charge in [0, 0.05) is 0 Å². The van der Waals surface area contributed by atoms with E-state index >= 15 is 0 Å². The highest BCUT2D eigenvalue weighted by Gasteiger charge is 2.03. The van der Waals surface area contributed by atoms with Crippen molar-refractivity contribution in [3.8, 4) is 0 Å². The molecule has 0 fully saturated rings. The molecule has 1 heteroatoms. The molecule has 0 aliphatic rings. The molecule has 1 unspecified atom stereocenters. The van der Waals surface area contributed by atoms with Gasteiger partial charge in [-0.1, -0.05) is 37.3 Å². The average molecular weight is 161 g/mol. The maximum Gasteiger partial charge on any atom is 0.0742 e. The molecule has 0 saturated carbocycles. The maximum atomic E-state index is 4.39. The molecule has 0 aliphatic heterocycles. The van der Waals surface area contributed by atoms with Crippen molar-refractivity contribution in [2.45, 2.75) is 26.3 Å². The molecule has 1 atom stereocenters. The van der Waals surface area contributed by atoms with Gasteiger partial charge in [0.05, 0.1) is 6.04 Å². The first-order valence-electron chi connectivity index (χ1n) is 4.41. The van der Waals surface area contributed by atoms with Crippen LogP contribution in [0.4, 0.5) is 0 Å². The Balaban J connectivity index is 2.80. The van der Waals surface area contributed by atoms with E-state index in [-0.39, 0.29) is 0 Å². The molecule has 1 nitrogen and oxygen atoms in total. The summed E-state index contributed by atoms with van der Waals surface area (Å²) in [5.74, 6) is 0. The highest BCUT2D eigenvalue weighted by Crippen LogP contribution is 2.19. The molecule has 0 N–H and O–H groups in total. The van der Waals surface area contributed by atoms with Crippen LogP contribution in [0.25, 0.3) is 0 Å². The second kappa shape index (κ2) is 4.70. The van der Waals surface area contributed by atoms with Gasteiger partial charge in [-0.25, -0.2) is 0 Å². The number of hydrogen-bond acceptors (Lipinski definition) is 1. The van der Waals surface area contributed by atoms with Crippen molar-refractivity contribution in [1.82, 2.24) is 0 Å². The molecule has 1 aromatic carbocycles. The highest BCUT2D eigenvalue weighted by atomic mass is 14.8. The summed E-state index contributed by atoms with van der Waals surface area (Å²) in [6.45, 7) is 4.12. The molecule has 1 rings (SSSR count). The minimum Gasteiger partial charge on any atom is -0.290 e. The molecule has 0 aromatic heterocycles. The van der Waals surface area contributed by atoms with Crippen molar-refractivity contribution in [1.29, 1.82) is 0 Å². The van der Waals surface area contributed by atoms with Crippen LogP contribution in [0.15, 0.2) is 35.3 Å². The van der Waals surface area contributed by atoms with Gasteiger partial charge in [0.25, 0.3) is 0 Å². The van der Waals surface area contributed by atoms with Crippen LogP contribution in [0, 0.1) is 0 Å². The molecule has 12 heavy (non-hydrogen) atoms. The zero-order valence-electron chi connectivity index (χ0n) is 7.70. The third-order valence-corrected chi connectivity index (χ3v) is 1.90. The largest absolute Gasteiger partial charge is 0.290 e. The lowest BCUT2D eigenvalue weighted by atomic mass is 10.1. The summed E-state index contributed by atoms with van der Waals surface area (Å²) in [5.41, 5.74) is 1.30. The SMILES string of the molecule is CC=NC(CC)c1ccccc1. The summed E-state index contributed by atoms with van der Waals surface area (Å²) < 4.78 is 0. The summed E-state index contributed by atoms with van der Waals surface area (Å²) in [6, 6.07) is 10.7. The fourth-order valence-electron chi connectivity index (χ4n) is 1.28. The Morgan fingerprint density at radius 2 is 2.00 bits per heavy atom. The fraction of sp³-hybridized carbons (Fsp3) is 0.364. The molecule has 0 amide bonds. The van der Waals surface area contributed by atoms with Crippen molar-refractivity contribution >= 4 is 6.21 Å². The molecule has 0 saturated heterocycles. The second-order valence-corrected chi connectivity index (χ2v) is 2.74. The molecule has 0 bridgehead atoms. The van der Waals surface area contributed by atoms with E-state index in [1.807, 2.05) is 19.2 Å². The zero-order valence-corrected chi connectivity index (χ0v) is 7.70. The molecular weight excluding hydrogens is 146 g/mol. The van der Waals surface area contributed by atoms with Crippen LogP contribution in [-0.4, -0.2) is 6.21 Å². The van der Waals surface area contributed by atoms with Crippen LogP contribution in [0.3, 0.4) is 0 Å². The minimum absolute atomic E-state index is 0.344. The first-order valence-corrected chi connectivity index (χ1v) is 4.41. The normalized spacial score (nSPS) is 13.5. The zero-order chi connectivity index (χ0) is 8.81. The van der Waals surface area contributed by atoms with Crippen molar-refractivity contribution < 1.29 is 0 Å². The number of rotatable bonds is 3. The minimum atomic E-state index is 0.344. The first-order chi connectivity index (χ1) is 5.88. The van der Waals surface area contributed by atoms with E-state index in [1.54, 1.807) is 0 Å². The van der Waals surface area contributed by atoms with E-state index in [0.29, 0.717) is 6.04 Å². The number of aliphatic imine (C=N–C) groups is 1. The van der Waals surface area contributed by atoms with Gasteiger partial charge >= 0.3 is 0 Å². The monoisotopic (exact) mass is 161 g/mol. The summed E-state index contributed by atoms with van der Waals surface area (Å²) in [7, 11) is 0. The van der Waals surface area contributed by atoms with E-state index in [1.165, 1.54) is 5.56 Å². The molecule has 0 spiro atoms. The van der Waals surface area contributed by atoms with Gasteiger partial charge in [0.2, 0.25) is 0 Å². The van der Waals surface area contributed by atoms with Gasteiger partial charge in [0.1, 0.15) is 0 Å². The van der Waals surface area contributed by atoms with Crippen molar-refractivity contribution in [3.05, 3.63) is 35.9 Å². The molecule has 64 valence electrons. The van der Waals surface area contributed by atoms with E-state index in [9.17, 15) is 0 Å². The number of hydrogen-bond donors (Lipinski definition) is 0. The highest BCUT2D eigenvalue weighted by molar-refractivity contribution is 5.53. The maximum absolute atomic E-state index is 4.39. The molecule has 0 radical (unpaired) electrons. The van der Waals surface area contributed by atoms with Crippen LogP contribution in [0.5, 0.6) is 0 Å². The lowest BCUT2D eigenvalue weighted by Crippen LogP contribution is -1.92. The van der Waals surface area contributed by atoms with Gasteiger partial charge in [-0.2, -0.15) is 0 Å². The number of benzene rings is 1. The van der Waals surface area contributed by atoms with Gasteiger partial charge < -0.3 is 0 Å². The summed E-state index contributed by atoms with van der Waals surface area (Å²) in [5, 5.41) is 0. The Kier molecular flexibility index (Phi) is 3.52. The quantitative estimate of drug-likeness (QED) is 0.603. The van der Waals surface area contributed by atoms with Gasteiger partial charge in [0.15, 0.2) is 0 Å².